The highest BCUT2D eigenvalue weighted by atomic mass is 15.2. The molecular weight excluding hydrogens is 218 g/mol. The molecule has 0 amide bonds. The van der Waals surface area contributed by atoms with E-state index in [4.69, 9.17) is 0 Å². The molecule has 2 aromatic carbocycles. The number of benzene rings is 2. The van der Waals surface area contributed by atoms with Crippen LogP contribution in [0.2, 0.25) is 0 Å². The quantitative estimate of drug-likeness (QED) is 0.784. The number of likely N-dealkylation sites (N-methyl/N-ethyl adjacent to an activating group) is 1. The summed E-state index contributed by atoms with van der Waals surface area (Å²) >= 11 is 0. The van der Waals surface area contributed by atoms with E-state index in [9.17, 15) is 0 Å². The summed E-state index contributed by atoms with van der Waals surface area (Å²) in [6.07, 6.45) is 0. The zero-order valence-electron chi connectivity index (χ0n) is 10.8. The number of hydrogen-bond acceptors (Lipinski definition) is 1. The maximum Gasteiger partial charge on any atom is 0.0429 e. The van der Waals surface area contributed by atoms with E-state index in [2.05, 4.69) is 72.5 Å². The molecule has 0 unspecified atom stereocenters. The van der Waals surface area contributed by atoms with E-state index < -0.39 is 0 Å². The Morgan fingerprint density at radius 1 is 0.889 bits per heavy atom. The molecule has 0 N–H and O–H groups in total. The predicted octanol–water partition coefficient (Wildman–Crippen LogP) is 3.85. The van der Waals surface area contributed by atoms with Gasteiger partial charge in [-0.1, -0.05) is 67.6 Å². The molecule has 3 rings (SSSR count). The Bertz CT molecular complexity index is 492. The van der Waals surface area contributed by atoms with E-state index in [1.807, 2.05) is 0 Å². The van der Waals surface area contributed by atoms with E-state index in [1.165, 1.54) is 17.7 Å². The Hall–Kier alpha value is -1.60. The SMILES string of the molecule is CCN1C[C@@H](c2ccccc2)[C@H]1c1ccccc1. The first kappa shape index (κ1) is 11.5. The fourth-order valence-electron chi connectivity index (χ4n) is 2.99. The van der Waals surface area contributed by atoms with Gasteiger partial charge in [0.2, 0.25) is 0 Å². The molecular formula is C17H19N. The molecule has 18 heavy (non-hydrogen) atoms. The van der Waals surface area contributed by atoms with Gasteiger partial charge in [-0.2, -0.15) is 0 Å². The summed E-state index contributed by atoms with van der Waals surface area (Å²) in [4.78, 5) is 2.55. The summed E-state index contributed by atoms with van der Waals surface area (Å²) in [5, 5.41) is 0. The van der Waals surface area contributed by atoms with Gasteiger partial charge in [-0.05, 0) is 17.7 Å². The Balaban J connectivity index is 1.89. The molecule has 1 nitrogen and oxygen atoms in total. The van der Waals surface area contributed by atoms with Crippen molar-refractivity contribution in [1.29, 1.82) is 0 Å². The van der Waals surface area contributed by atoms with Gasteiger partial charge >= 0.3 is 0 Å². The average molecular weight is 237 g/mol. The second-order valence-electron chi connectivity index (χ2n) is 4.96. The summed E-state index contributed by atoms with van der Waals surface area (Å²) in [5.74, 6) is 0.647. The summed E-state index contributed by atoms with van der Waals surface area (Å²) in [7, 11) is 0. The van der Waals surface area contributed by atoms with E-state index in [0.29, 0.717) is 12.0 Å². The molecule has 2 aromatic rings. The minimum Gasteiger partial charge on any atom is -0.295 e. The highest BCUT2D eigenvalue weighted by Crippen LogP contribution is 2.44. The van der Waals surface area contributed by atoms with Crippen LogP contribution in [0, 0.1) is 0 Å². The maximum absolute atomic E-state index is 2.55. The van der Waals surface area contributed by atoms with Crippen LogP contribution in [0.25, 0.3) is 0 Å². The molecule has 0 aromatic heterocycles. The zero-order chi connectivity index (χ0) is 12.4. The van der Waals surface area contributed by atoms with Crippen molar-refractivity contribution < 1.29 is 0 Å². The number of likely N-dealkylation sites (tertiary alicyclic amines) is 1. The molecule has 1 aliphatic heterocycles. The molecule has 0 spiro atoms. The van der Waals surface area contributed by atoms with Gasteiger partial charge in [0, 0.05) is 18.5 Å². The van der Waals surface area contributed by atoms with Crippen molar-refractivity contribution in [3.63, 3.8) is 0 Å². The lowest BCUT2D eigenvalue weighted by molar-refractivity contribution is 0.0651. The van der Waals surface area contributed by atoms with E-state index in [0.717, 1.165) is 6.54 Å². The monoisotopic (exact) mass is 237 g/mol. The first-order valence-corrected chi connectivity index (χ1v) is 6.74. The molecule has 0 saturated carbocycles. The Morgan fingerprint density at radius 3 is 2.00 bits per heavy atom. The molecule has 1 saturated heterocycles. The molecule has 1 heterocycles. The minimum absolute atomic E-state index is 0.554. The minimum atomic E-state index is 0.554. The summed E-state index contributed by atoms with van der Waals surface area (Å²) < 4.78 is 0. The van der Waals surface area contributed by atoms with Crippen LogP contribution in [0.5, 0.6) is 0 Å². The normalized spacial score (nSPS) is 23.6. The number of hydrogen-bond donors (Lipinski definition) is 0. The molecule has 1 fully saturated rings. The third-order valence-corrected chi connectivity index (χ3v) is 3.98. The molecule has 2 atom stereocenters. The van der Waals surface area contributed by atoms with Crippen LogP contribution in [0.1, 0.15) is 30.0 Å². The van der Waals surface area contributed by atoms with Crippen molar-refractivity contribution in [2.75, 3.05) is 13.1 Å². The fraction of sp³-hybridized carbons (Fsp3) is 0.294. The lowest BCUT2D eigenvalue weighted by Crippen LogP contribution is -2.47. The van der Waals surface area contributed by atoms with Crippen LogP contribution >= 0.6 is 0 Å². The summed E-state index contributed by atoms with van der Waals surface area (Å²) in [6.45, 7) is 4.56. The van der Waals surface area contributed by atoms with E-state index in [1.54, 1.807) is 0 Å². The van der Waals surface area contributed by atoms with Crippen LogP contribution in [-0.4, -0.2) is 18.0 Å². The molecule has 92 valence electrons. The van der Waals surface area contributed by atoms with Gasteiger partial charge in [-0.15, -0.1) is 0 Å². The maximum atomic E-state index is 2.55. The van der Waals surface area contributed by atoms with Crippen LogP contribution in [-0.2, 0) is 0 Å². The van der Waals surface area contributed by atoms with E-state index in [-0.39, 0.29) is 0 Å². The van der Waals surface area contributed by atoms with Gasteiger partial charge in [0.1, 0.15) is 0 Å². The Labute approximate surface area is 109 Å². The van der Waals surface area contributed by atoms with Crippen LogP contribution in [0.4, 0.5) is 0 Å². The van der Waals surface area contributed by atoms with Gasteiger partial charge in [0.05, 0.1) is 0 Å². The van der Waals surface area contributed by atoms with Crippen molar-refractivity contribution >= 4 is 0 Å². The molecule has 0 bridgehead atoms. The largest absolute Gasteiger partial charge is 0.295 e. The van der Waals surface area contributed by atoms with Crippen molar-refractivity contribution in [3.05, 3.63) is 71.8 Å². The number of rotatable bonds is 3. The molecule has 1 heteroatoms. The van der Waals surface area contributed by atoms with Gasteiger partial charge in [-0.3, -0.25) is 4.90 Å². The van der Waals surface area contributed by atoms with Crippen LogP contribution in [0.15, 0.2) is 60.7 Å². The molecule has 0 aliphatic carbocycles. The van der Waals surface area contributed by atoms with Crippen molar-refractivity contribution in [1.82, 2.24) is 4.90 Å². The van der Waals surface area contributed by atoms with Gasteiger partial charge in [-0.25, -0.2) is 0 Å². The Morgan fingerprint density at radius 2 is 1.44 bits per heavy atom. The zero-order valence-corrected chi connectivity index (χ0v) is 10.8. The van der Waals surface area contributed by atoms with Crippen LogP contribution < -0.4 is 0 Å². The van der Waals surface area contributed by atoms with Gasteiger partial charge in [0.25, 0.3) is 0 Å². The van der Waals surface area contributed by atoms with Crippen LogP contribution in [0.3, 0.4) is 0 Å². The molecule has 0 radical (unpaired) electrons. The highest BCUT2D eigenvalue weighted by molar-refractivity contribution is 5.32. The topological polar surface area (TPSA) is 3.24 Å². The fourth-order valence-corrected chi connectivity index (χ4v) is 2.99. The first-order chi connectivity index (χ1) is 8.90. The summed E-state index contributed by atoms with van der Waals surface area (Å²) in [6, 6.07) is 22.3. The third kappa shape index (κ3) is 1.95. The lowest BCUT2D eigenvalue weighted by atomic mass is 9.79. The van der Waals surface area contributed by atoms with Crippen molar-refractivity contribution in [3.8, 4) is 0 Å². The average Bonchev–Trinajstić information content (AvgIpc) is 2.41. The highest BCUT2D eigenvalue weighted by Gasteiger charge is 2.39. The second-order valence-corrected chi connectivity index (χ2v) is 4.96. The Kier molecular flexibility index (Phi) is 3.16. The lowest BCUT2D eigenvalue weighted by Gasteiger charge is -2.48. The molecule has 1 aliphatic rings. The van der Waals surface area contributed by atoms with Crippen molar-refractivity contribution in [2.24, 2.45) is 0 Å². The van der Waals surface area contributed by atoms with Gasteiger partial charge < -0.3 is 0 Å². The predicted molar refractivity (Wildman–Crippen MR) is 75.6 cm³/mol. The second kappa shape index (κ2) is 4.95. The number of nitrogens with zero attached hydrogens (tertiary/aromatic N) is 1. The summed E-state index contributed by atoms with van der Waals surface area (Å²) in [5.41, 5.74) is 2.91. The first-order valence-electron chi connectivity index (χ1n) is 6.74. The third-order valence-electron chi connectivity index (χ3n) is 3.98. The van der Waals surface area contributed by atoms with Gasteiger partial charge in [0.15, 0.2) is 0 Å². The van der Waals surface area contributed by atoms with E-state index >= 15 is 0 Å². The standard InChI is InChI=1S/C17H19N/c1-2-18-13-16(14-9-5-3-6-10-14)17(18)15-11-7-4-8-12-15/h3-12,16-17H,2,13H2,1H3/t16-,17+/m0/s1. The van der Waals surface area contributed by atoms with Crippen molar-refractivity contribution in [2.45, 2.75) is 18.9 Å². The smallest absolute Gasteiger partial charge is 0.0429 e.